The molecule has 0 atom stereocenters. The van der Waals surface area contributed by atoms with Crippen molar-refractivity contribution in [2.45, 2.75) is 37.5 Å². The van der Waals surface area contributed by atoms with E-state index in [2.05, 4.69) is 27.6 Å². The molecule has 1 aromatic rings. The highest BCUT2D eigenvalue weighted by Crippen LogP contribution is 2.49. The number of aromatic carboxylic acids is 1. The fourth-order valence-corrected chi connectivity index (χ4v) is 4.53. The highest BCUT2D eigenvalue weighted by atomic mass is 79.9. The zero-order valence-electron chi connectivity index (χ0n) is 11.7. The number of hydrogen-bond donors (Lipinski definition) is 2. The van der Waals surface area contributed by atoms with Gasteiger partial charge < -0.3 is 5.11 Å². The van der Waals surface area contributed by atoms with Crippen LogP contribution in [0.25, 0.3) is 0 Å². The molecule has 1 aliphatic rings. The molecule has 0 heterocycles. The van der Waals surface area contributed by atoms with E-state index in [1.165, 1.54) is 18.2 Å². The standard InChI is InChI=1S/C14H18BrNO4S/c1-2-5-14(6-7-14)9-16-21(19,20)12-8-10(13(17)18)3-4-11(12)15/h3-4,8,16H,2,5-7,9H2,1H3,(H,17,18). The molecule has 0 amide bonds. The molecular formula is C14H18BrNO4S. The summed E-state index contributed by atoms with van der Waals surface area (Å²) < 4.78 is 27.7. The smallest absolute Gasteiger partial charge is 0.335 e. The minimum Gasteiger partial charge on any atom is -0.478 e. The number of benzene rings is 1. The number of sulfonamides is 1. The summed E-state index contributed by atoms with van der Waals surface area (Å²) in [4.78, 5) is 10.9. The average Bonchev–Trinajstić information content (AvgIpc) is 3.17. The predicted octanol–water partition coefficient (Wildman–Crippen LogP) is 3.01. The van der Waals surface area contributed by atoms with E-state index in [4.69, 9.17) is 5.11 Å². The highest BCUT2D eigenvalue weighted by Gasteiger charge is 2.42. The number of carbonyl (C=O) groups is 1. The molecule has 116 valence electrons. The largest absolute Gasteiger partial charge is 0.478 e. The molecule has 2 N–H and O–H groups in total. The van der Waals surface area contributed by atoms with Gasteiger partial charge >= 0.3 is 5.97 Å². The van der Waals surface area contributed by atoms with Gasteiger partial charge in [0.15, 0.2) is 0 Å². The first-order valence-electron chi connectivity index (χ1n) is 6.82. The SMILES string of the molecule is CCCC1(CNS(=O)(=O)c2cc(C(=O)O)ccc2Br)CC1. The van der Waals surface area contributed by atoms with Crippen LogP contribution in [0.3, 0.4) is 0 Å². The number of nitrogens with one attached hydrogen (secondary N) is 1. The molecule has 21 heavy (non-hydrogen) atoms. The lowest BCUT2D eigenvalue weighted by atomic mass is 10.0. The van der Waals surface area contributed by atoms with Crippen molar-refractivity contribution < 1.29 is 18.3 Å². The van der Waals surface area contributed by atoms with Crippen LogP contribution in [0, 0.1) is 5.41 Å². The van der Waals surface area contributed by atoms with Crippen LogP contribution in [-0.4, -0.2) is 26.0 Å². The van der Waals surface area contributed by atoms with Crippen molar-refractivity contribution in [1.29, 1.82) is 0 Å². The van der Waals surface area contributed by atoms with Crippen molar-refractivity contribution in [3.8, 4) is 0 Å². The van der Waals surface area contributed by atoms with Crippen LogP contribution >= 0.6 is 15.9 Å². The molecule has 0 aromatic heterocycles. The van der Waals surface area contributed by atoms with Gasteiger partial charge in [-0.1, -0.05) is 13.3 Å². The van der Waals surface area contributed by atoms with Crippen LogP contribution in [-0.2, 0) is 10.0 Å². The maximum Gasteiger partial charge on any atom is 0.335 e. The monoisotopic (exact) mass is 375 g/mol. The number of carboxylic acids is 1. The van der Waals surface area contributed by atoms with E-state index in [-0.39, 0.29) is 15.9 Å². The number of halogens is 1. The minimum absolute atomic E-state index is 0.0327. The summed E-state index contributed by atoms with van der Waals surface area (Å²) in [6, 6.07) is 3.98. The summed E-state index contributed by atoms with van der Waals surface area (Å²) in [5, 5.41) is 8.97. The van der Waals surface area contributed by atoms with Crippen molar-refractivity contribution in [2.24, 2.45) is 5.41 Å². The summed E-state index contributed by atoms with van der Waals surface area (Å²) in [6.45, 7) is 2.49. The van der Waals surface area contributed by atoms with E-state index in [1.807, 2.05) is 0 Å². The van der Waals surface area contributed by atoms with Gasteiger partial charge in [0.1, 0.15) is 0 Å². The van der Waals surface area contributed by atoms with Crippen molar-refractivity contribution in [3.05, 3.63) is 28.2 Å². The summed E-state index contributed by atoms with van der Waals surface area (Å²) >= 11 is 3.17. The molecule has 0 radical (unpaired) electrons. The summed E-state index contributed by atoms with van der Waals surface area (Å²) in [6.07, 6.45) is 4.12. The second kappa shape index (κ2) is 6.06. The maximum absolute atomic E-state index is 12.4. The Labute approximate surface area is 132 Å². The number of hydrogen-bond acceptors (Lipinski definition) is 3. The predicted molar refractivity (Wildman–Crippen MR) is 82.9 cm³/mol. The van der Waals surface area contributed by atoms with Gasteiger partial charge in [-0.2, -0.15) is 0 Å². The summed E-state index contributed by atoms with van der Waals surface area (Å²) in [5.74, 6) is -1.15. The Kier molecular flexibility index (Phi) is 4.75. The third-order valence-electron chi connectivity index (χ3n) is 3.84. The second-order valence-corrected chi connectivity index (χ2v) is 8.11. The molecule has 0 spiro atoms. The Morgan fingerprint density at radius 2 is 2.10 bits per heavy atom. The minimum atomic E-state index is -3.72. The lowest BCUT2D eigenvalue weighted by Gasteiger charge is -2.16. The Hall–Kier alpha value is -0.920. The first-order valence-corrected chi connectivity index (χ1v) is 9.10. The van der Waals surface area contributed by atoms with E-state index < -0.39 is 16.0 Å². The third kappa shape index (κ3) is 3.84. The Bertz CT molecular complexity index is 653. The van der Waals surface area contributed by atoms with Gasteiger partial charge in [-0.15, -0.1) is 0 Å². The van der Waals surface area contributed by atoms with Crippen LogP contribution in [0.2, 0.25) is 0 Å². The lowest BCUT2D eigenvalue weighted by molar-refractivity contribution is 0.0696. The zero-order chi connectivity index (χ0) is 15.7. The van der Waals surface area contributed by atoms with Crippen molar-refractivity contribution in [2.75, 3.05) is 6.54 Å². The molecule has 1 saturated carbocycles. The van der Waals surface area contributed by atoms with Crippen molar-refractivity contribution in [3.63, 3.8) is 0 Å². The van der Waals surface area contributed by atoms with Gasteiger partial charge in [0.2, 0.25) is 10.0 Å². The van der Waals surface area contributed by atoms with Crippen molar-refractivity contribution in [1.82, 2.24) is 4.72 Å². The first kappa shape index (κ1) is 16.5. The third-order valence-corrected chi connectivity index (χ3v) is 6.24. The van der Waals surface area contributed by atoms with Crippen molar-refractivity contribution >= 4 is 31.9 Å². The quantitative estimate of drug-likeness (QED) is 0.766. The molecule has 0 bridgehead atoms. The summed E-state index contributed by atoms with van der Waals surface area (Å²) in [7, 11) is -3.72. The molecule has 0 aliphatic heterocycles. The van der Waals surface area contributed by atoms with E-state index >= 15 is 0 Å². The van der Waals surface area contributed by atoms with Crippen LogP contribution in [0.4, 0.5) is 0 Å². The van der Waals surface area contributed by atoms with Gasteiger partial charge in [0.05, 0.1) is 10.5 Å². The lowest BCUT2D eigenvalue weighted by Crippen LogP contribution is -2.30. The molecule has 7 heteroatoms. The van der Waals surface area contributed by atoms with Crippen LogP contribution in [0.1, 0.15) is 43.0 Å². The molecule has 5 nitrogen and oxygen atoms in total. The number of rotatable bonds is 7. The normalized spacial score (nSPS) is 16.7. The zero-order valence-corrected chi connectivity index (χ0v) is 14.1. The van der Waals surface area contributed by atoms with Crippen LogP contribution in [0.5, 0.6) is 0 Å². The molecular weight excluding hydrogens is 358 g/mol. The molecule has 1 aromatic carbocycles. The van der Waals surface area contributed by atoms with Gasteiger partial charge in [-0.25, -0.2) is 17.9 Å². The average molecular weight is 376 g/mol. The van der Waals surface area contributed by atoms with E-state index in [9.17, 15) is 13.2 Å². The molecule has 1 aliphatic carbocycles. The maximum atomic E-state index is 12.4. The van der Waals surface area contributed by atoms with E-state index in [0.29, 0.717) is 11.0 Å². The Morgan fingerprint density at radius 1 is 1.43 bits per heavy atom. The topological polar surface area (TPSA) is 83.5 Å². The first-order chi connectivity index (χ1) is 9.80. The molecule has 0 unspecified atom stereocenters. The highest BCUT2D eigenvalue weighted by molar-refractivity contribution is 9.10. The van der Waals surface area contributed by atoms with Gasteiger partial charge in [0, 0.05) is 11.0 Å². The summed E-state index contributed by atoms with van der Waals surface area (Å²) in [5.41, 5.74) is 0.0480. The fraction of sp³-hybridized carbons (Fsp3) is 0.500. The number of carboxylic acid groups (broad SMARTS) is 1. The molecule has 0 saturated heterocycles. The Balaban J connectivity index is 2.19. The molecule has 1 fully saturated rings. The molecule has 2 rings (SSSR count). The van der Waals surface area contributed by atoms with Gasteiger partial charge in [-0.3, -0.25) is 0 Å². The fourth-order valence-electron chi connectivity index (χ4n) is 2.39. The van der Waals surface area contributed by atoms with E-state index in [1.54, 1.807) is 0 Å². The van der Waals surface area contributed by atoms with Gasteiger partial charge in [-0.05, 0) is 58.8 Å². The van der Waals surface area contributed by atoms with Crippen LogP contribution < -0.4 is 4.72 Å². The Morgan fingerprint density at radius 3 is 2.62 bits per heavy atom. The van der Waals surface area contributed by atoms with Gasteiger partial charge in [0.25, 0.3) is 0 Å². The van der Waals surface area contributed by atoms with E-state index in [0.717, 1.165) is 25.7 Å². The second-order valence-electron chi connectivity index (χ2n) is 5.52. The van der Waals surface area contributed by atoms with Crippen LogP contribution in [0.15, 0.2) is 27.6 Å².